The fourth-order valence-corrected chi connectivity index (χ4v) is 2.55. The number of alkyl halides is 3. The number of aliphatic carboxylic acids is 1. The number of carbonyl (C=O) groups is 1. The van der Waals surface area contributed by atoms with Crippen LogP contribution in [0.3, 0.4) is 0 Å². The molecular weight excluding hydrogens is 397 g/mol. The fourth-order valence-electron chi connectivity index (χ4n) is 2.55. The van der Waals surface area contributed by atoms with Crippen LogP contribution in [0.2, 0.25) is 0 Å². The van der Waals surface area contributed by atoms with Crippen LogP contribution >= 0.6 is 0 Å². The molecule has 0 radical (unpaired) electrons. The standard InChI is InChI=1S/C19H22N4.C2HF3O2/c1-14-11-18(22-23(14)3)13-20-15(2)19-10-9-17(12-21-19)16-7-5-4-6-8-16;3-2(4,5)1(6)7/h4-12,15,20H,13H2,1-3H3;(H,6,7). The molecule has 3 rings (SSSR count). The minimum absolute atomic E-state index is 0.183. The van der Waals surface area contributed by atoms with E-state index in [0.717, 1.165) is 23.5 Å². The lowest BCUT2D eigenvalue weighted by Gasteiger charge is -2.13. The summed E-state index contributed by atoms with van der Waals surface area (Å²) in [5.74, 6) is -2.76. The van der Waals surface area contributed by atoms with Crippen molar-refractivity contribution in [3.8, 4) is 11.1 Å². The summed E-state index contributed by atoms with van der Waals surface area (Å²) in [5, 5.41) is 15.1. The molecule has 2 N–H and O–H groups in total. The number of nitrogens with zero attached hydrogens (tertiary/aromatic N) is 3. The van der Waals surface area contributed by atoms with E-state index in [0.29, 0.717) is 0 Å². The van der Waals surface area contributed by atoms with Gasteiger partial charge in [-0.05, 0) is 31.5 Å². The average molecular weight is 420 g/mol. The molecule has 0 spiro atoms. The predicted molar refractivity (Wildman–Crippen MR) is 107 cm³/mol. The fraction of sp³-hybridized carbons (Fsp3) is 0.286. The summed E-state index contributed by atoms with van der Waals surface area (Å²) in [6.07, 6.45) is -3.15. The van der Waals surface area contributed by atoms with E-state index in [9.17, 15) is 13.2 Å². The molecule has 6 nitrogen and oxygen atoms in total. The SMILES string of the molecule is Cc1cc(CNC(C)c2ccc(-c3ccccc3)cn2)nn1C.O=C(O)C(F)(F)F. The minimum atomic E-state index is -5.08. The van der Waals surface area contributed by atoms with Gasteiger partial charge in [0.05, 0.1) is 11.4 Å². The molecule has 160 valence electrons. The van der Waals surface area contributed by atoms with Crippen molar-refractivity contribution in [2.45, 2.75) is 32.6 Å². The summed E-state index contributed by atoms with van der Waals surface area (Å²) in [6, 6.07) is 16.8. The molecule has 2 heterocycles. The Bertz CT molecular complexity index is 935. The highest BCUT2D eigenvalue weighted by Crippen LogP contribution is 2.20. The Balaban J connectivity index is 0.000000396. The molecular formula is C21H23F3N4O2. The number of hydrogen-bond acceptors (Lipinski definition) is 4. The van der Waals surface area contributed by atoms with Crippen LogP contribution in [0.4, 0.5) is 13.2 Å². The molecule has 30 heavy (non-hydrogen) atoms. The molecule has 9 heteroatoms. The van der Waals surface area contributed by atoms with E-state index in [2.05, 4.69) is 59.6 Å². The van der Waals surface area contributed by atoms with Crippen LogP contribution < -0.4 is 5.32 Å². The molecule has 0 amide bonds. The van der Waals surface area contributed by atoms with Crippen molar-refractivity contribution in [3.63, 3.8) is 0 Å². The molecule has 1 aromatic carbocycles. The van der Waals surface area contributed by atoms with Crippen molar-refractivity contribution in [2.24, 2.45) is 7.05 Å². The van der Waals surface area contributed by atoms with Crippen LogP contribution in [0.5, 0.6) is 0 Å². The highest BCUT2D eigenvalue weighted by atomic mass is 19.4. The van der Waals surface area contributed by atoms with E-state index in [1.54, 1.807) is 0 Å². The van der Waals surface area contributed by atoms with Crippen LogP contribution in [0.15, 0.2) is 54.7 Å². The van der Waals surface area contributed by atoms with Gasteiger partial charge in [-0.1, -0.05) is 36.4 Å². The first kappa shape index (κ1) is 23.1. The molecule has 0 aliphatic carbocycles. The van der Waals surface area contributed by atoms with E-state index in [1.807, 2.05) is 36.1 Å². The average Bonchev–Trinajstić information content (AvgIpc) is 3.04. The van der Waals surface area contributed by atoms with Crippen LogP contribution in [-0.2, 0) is 18.4 Å². The minimum Gasteiger partial charge on any atom is -0.475 e. The summed E-state index contributed by atoms with van der Waals surface area (Å²) < 4.78 is 33.6. The van der Waals surface area contributed by atoms with Crippen molar-refractivity contribution in [3.05, 3.63) is 71.8 Å². The van der Waals surface area contributed by atoms with Gasteiger partial charge in [-0.2, -0.15) is 18.3 Å². The van der Waals surface area contributed by atoms with Gasteiger partial charge in [0.25, 0.3) is 0 Å². The Kier molecular flexibility index (Phi) is 7.71. The number of aryl methyl sites for hydroxylation is 2. The van der Waals surface area contributed by atoms with Crippen molar-refractivity contribution in [1.29, 1.82) is 0 Å². The number of benzene rings is 1. The van der Waals surface area contributed by atoms with E-state index in [-0.39, 0.29) is 6.04 Å². The number of pyridine rings is 1. The largest absolute Gasteiger partial charge is 0.490 e. The Labute approximate surface area is 172 Å². The van der Waals surface area contributed by atoms with Crippen LogP contribution in [-0.4, -0.2) is 32.0 Å². The number of halogens is 3. The first-order valence-electron chi connectivity index (χ1n) is 9.12. The van der Waals surface area contributed by atoms with Gasteiger partial charge in [0.1, 0.15) is 0 Å². The second-order valence-corrected chi connectivity index (χ2v) is 6.64. The Morgan fingerprint density at radius 1 is 1.17 bits per heavy atom. The number of carboxylic acids is 1. The second kappa shape index (κ2) is 10.0. The quantitative estimate of drug-likeness (QED) is 0.644. The molecule has 0 aliphatic heterocycles. The zero-order chi connectivity index (χ0) is 22.3. The summed E-state index contributed by atoms with van der Waals surface area (Å²) >= 11 is 0. The predicted octanol–water partition coefficient (Wildman–Crippen LogP) is 4.27. The molecule has 2 aromatic heterocycles. The van der Waals surface area contributed by atoms with E-state index in [1.165, 1.54) is 11.3 Å². The molecule has 0 fully saturated rings. The molecule has 0 saturated carbocycles. The molecule has 3 aromatic rings. The van der Waals surface area contributed by atoms with Gasteiger partial charge in [-0.25, -0.2) is 4.79 Å². The lowest BCUT2D eigenvalue weighted by atomic mass is 10.1. The van der Waals surface area contributed by atoms with E-state index < -0.39 is 12.1 Å². The molecule has 0 aliphatic rings. The normalized spacial score (nSPS) is 12.1. The maximum absolute atomic E-state index is 10.6. The van der Waals surface area contributed by atoms with Crippen molar-refractivity contribution >= 4 is 5.97 Å². The third-order valence-corrected chi connectivity index (χ3v) is 4.33. The van der Waals surface area contributed by atoms with Gasteiger partial charge >= 0.3 is 12.1 Å². The van der Waals surface area contributed by atoms with Crippen LogP contribution in [0.25, 0.3) is 11.1 Å². The highest BCUT2D eigenvalue weighted by Gasteiger charge is 2.38. The molecule has 0 saturated heterocycles. The van der Waals surface area contributed by atoms with Gasteiger partial charge in [-0.3, -0.25) is 9.67 Å². The number of rotatable bonds is 5. The maximum atomic E-state index is 10.6. The first-order valence-corrected chi connectivity index (χ1v) is 9.12. The topological polar surface area (TPSA) is 80.0 Å². The van der Waals surface area contributed by atoms with Gasteiger partial charge in [0.2, 0.25) is 0 Å². The number of hydrogen-bond donors (Lipinski definition) is 2. The van der Waals surface area contributed by atoms with Crippen LogP contribution in [0.1, 0.15) is 30.0 Å². The lowest BCUT2D eigenvalue weighted by Crippen LogP contribution is -2.21. The van der Waals surface area contributed by atoms with Gasteiger partial charge in [0, 0.05) is 37.1 Å². The number of carboxylic acid groups (broad SMARTS) is 1. The van der Waals surface area contributed by atoms with Gasteiger partial charge in [-0.15, -0.1) is 0 Å². The summed E-state index contributed by atoms with van der Waals surface area (Å²) in [5.41, 5.74) is 5.59. The van der Waals surface area contributed by atoms with Crippen molar-refractivity contribution in [1.82, 2.24) is 20.1 Å². The Morgan fingerprint density at radius 3 is 2.27 bits per heavy atom. The third-order valence-electron chi connectivity index (χ3n) is 4.33. The van der Waals surface area contributed by atoms with Gasteiger partial charge in [0.15, 0.2) is 0 Å². The van der Waals surface area contributed by atoms with Gasteiger partial charge < -0.3 is 10.4 Å². The van der Waals surface area contributed by atoms with Crippen molar-refractivity contribution in [2.75, 3.05) is 0 Å². The Hall–Kier alpha value is -3.20. The highest BCUT2D eigenvalue weighted by molar-refractivity contribution is 5.73. The van der Waals surface area contributed by atoms with E-state index >= 15 is 0 Å². The molecule has 1 atom stereocenters. The van der Waals surface area contributed by atoms with Crippen molar-refractivity contribution < 1.29 is 23.1 Å². The number of aromatic nitrogens is 3. The molecule has 1 unspecified atom stereocenters. The second-order valence-electron chi connectivity index (χ2n) is 6.64. The first-order chi connectivity index (χ1) is 14.1. The summed E-state index contributed by atoms with van der Waals surface area (Å²) in [4.78, 5) is 13.5. The number of nitrogens with one attached hydrogen (secondary N) is 1. The van der Waals surface area contributed by atoms with Crippen LogP contribution in [0, 0.1) is 6.92 Å². The third kappa shape index (κ3) is 6.70. The smallest absolute Gasteiger partial charge is 0.475 e. The molecule has 0 bridgehead atoms. The lowest BCUT2D eigenvalue weighted by molar-refractivity contribution is -0.192. The summed E-state index contributed by atoms with van der Waals surface area (Å²) in [6.45, 7) is 4.93. The zero-order valence-corrected chi connectivity index (χ0v) is 16.8. The maximum Gasteiger partial charge on any atom is 0.490 e. The zero-order valence-electron chi connectivity index (χ0n) is 16.8. The monoisotopic (exact) mass is 420 g/mol. The van der Waals surface area contributed by atoms with E-state index in [4.69, 9.17) is 9.90 Å². The Morgan fingerprint density at radius 2 is 1.80 bits per heavy atom. The summed E-state index contributed by atoms with van der Waals surface area (Å²) in [7, 11) is 1.96.